The molecule has 1 rings (SSSR count). The minimum atomic E-state index is 0.274. The Bertz CT molecular complexity index is 422. The molecule has 0 amide bonds. The summed E-state index contributed by atoms with van der Waals surface area (Å²) in [6.45, 7) is 12.4. The van der Waals surface area contributed by atoms with Gasteiger partial charge < -0.3 is 0 Å². The third kappa shape index (κ3) is 7.11. The van der Waals surface area contributed by atoms with Crippen molar-refractivity contribution in [2.75, 3.05) is 0 Å². The van der Waals surface area contributed by atoms with Gasteiger partial charge in [-0.15, -0.1) is 0 Å². The lowest BCUT2D eigenvalue weighted by Gasteiger charge is -2.13. The number of hydrogen-bond donors (Lipinski definition) is 0. The summed E-state index contributed by atoms with van der Waals surface area (Å²) in [4.78, 5) is 10.5. The average molecular weight is 272 g/mol. The number of benzene rings is 1. The highest BCUT2D eigenvalue weighted by molar-refractivity contribution is 5.64. The largest absolute Gasteiger partial charge is 0.234 e. The molecule has 0 saturated carbocycles. The van der Waals surface area contributed by atoms with Crippen LogP contribution in [0.25, 0.3) is 5.57 Å². The molecule has 0 aliphatic carbocycles. The maximum atomic E-state index is 10.5. The average Bonchev–Trinajstić information content (AvgIpc) is 2.47. The fraction of sp³-hybridized carbons (Fsp3) is 0.474. The van der Waals surface area contributed by atoms with Crippen LogP contribution in [0.2, 0.25) is 0 Å². The number of unbranched alkanes of at least 4 members (excludes halogenated alkanes) is 1. The standard InChI is InChI=1S/C17H22O.C2H6/c1-4-5-6-16(11-12-18)13-15(3)17-9-7-14(2)8-10-17;1-2/h7-11,16H,3-6,13H2,1-2H3;1-2H3. The van der Waals surface area contributed by atoms with E-state index in [0.29, 0.717) is 0 Å². The second kappa shape index (κ2) is 11.3. The fourth-order valence-corrected chi connectivity index (χ4v) is 2.03. The third-order valence-electron chi connectivity index (χ3n) is 3.20. The molecule has 1 nitrogen and oxygen atoms in total. The maximum Gasteiger partial charge on any atom is 0.120 e. The molecule has 0 fully saturated rings. The van der Waals surface area contributed by atoms with Crippen LogP contribution in [0.3, 0.4) is 0 Å². The summed E-state index contributed by atoms with van der Waals surface area (Å²) in [5.41, 5.74) is 3.52. The number of rotatable bonds is 7. The Hall–Kier alpha value is -1.59. The van der Waals surface area contributed by atoms with Gasteiger partial charge in [0, 0.05) is 6.08 Å². The molecule has 20 heavy (non-hydrogen) atoms. The first-order valence-corrected chi connectivity index (χ1v) is 7.63. The van der Waals surface area contributed by atoms with E-state index < -0.39 is 0 Å². The molecule has 1 unspecified atom stereocenters. The van der Waals surface area contributed by atoms with Crippen molar-refractivity contribution < 1.29 is 4.79 Å². The molecule has 0 aromatic heterocycles. The zero-order valence-corrected chi connectivity index (χ0v) is 13.4. The van der Waals surface area contributed by atoms with E-state index in [9.17, 15) is 4.79 Å². The molecule has 0 spiro atoms. The van der Waals surface area contributed by atoms with Crippen LogP contribution in [-0.2, 0) is 4.79 Å². The van der Waals surface area contributed by atoms with Crippen molar-refractivity contribution in [3.63, 3.8) is 0 Å². The van der Waals surface area contributed by atoms with Crippen molar-refractivity contribution >= 4 is 11.5 Å². The molecule has 0 aliphatic rings. The van der Waals surface area contributed by atoms with Gasteiger partial charge in [-0.05, 0) is 36.8 Å². The smallest absolute Gasteiger partial charge is 0.120 e. The molecule has 0 N–H and O–H groups in total. The van der Waals surface area contributed by atoms with Gasteiger partial charge >= 0.3 is 0 Å². The molecule has 0 bridgehead atoms. The van der Waals surface area contributed by atoms with E-state index in [4.69, 9.17) is 0 Å². The minimum absolute atomic E-state index is 0.274. The minimum Gasteiger partial charge on any atom is -0.234 e. The predicted octanol–water partition coefficient (Wildman–Crippen LogP) is 5.62. The summed E-state index contributed by atoms with van der Waals surface area (Å²) in [6.07, 6.45) is 5.83. The molecule has 1 aromatic rings. The van der Waals surface area contributed by atoms with Crippen LogP contribution in [0.4, 0.5) is 0 Å². The molecule has 0 saturated heterocycles. The van der Waals surface area contributed by atoms with Crippen LogP contribution in [-0.4, -0.2) is 5.94 Å². The Morgan fingerprint density at radius 2 is 1.90 bits per heavy atom. The van der Waals surface area contributed by atoms with Crippen LogP contribution >= 0.6 is 0 Å². The molecule has 0 radical (unpaired) electrons. The van der Waals surface area contributed by atoms with Crippen molar-refractivity contribution in [3.8, 4) is 0 Å². The van der Waals surface area contributed by atoms with Crippen LogP contribution in [0, 0.1) is 12.8 Å². The molecule has 1 atom stereocenters. The summed E-state index contributed by atoms with van der Waals surface area (Å²) in [5, 5.41) is 0. The van der Waals surface area contributed by atoms with E-state index in [1.165, 1.54) is 11.1 Å². The molecule has 1 aromatic carbocycles. The van der Waals surface area contributed by atoms with Crippen molar-refractivity contribution in [2.45, 2.75) is 53.4 Å². The molecular formula is C19H28O. The van der Waals surface area contributed by atoms with Gasteiger partial charge in [0.25, 0.3) is 0 Å². The van der Waals surface area contributed by atoms with E-state index in [0.717, 1.165) is 31.3 Å². The maximum absolute atomic E-state index is 10.5. The van der Waals surface area contributed by atoms with Gasteiger partial charge in [-0.2, -0.15) is 0 Å². The van der Waals surface area contributed by atoms with Gasteiger partial charge in [0.05, 0.1) is 0 Å². The monoisotopic (exact) mass is 272 g/mol. The first-order chi connectivity index (χ1) is 9.67. The number of carbonyl (C=O) groups excluding carboxylic acids is 1. The normalized spacial score (nSPS) is 10.8. The van der Waals surface area contributed by atoms with Crippen molar-refractivity contribution in [3.05, 3.63) is 48.0 Å². The highest BCUT2D eigenvalue weighted by atomic mass is 16.1. The van der Waals surface area contributed by atoms with Gasteiger partial charge in [-0.25, -0.2) is 4.79 Å². The van der Waals surface area contributed by atoms with E-state index in [2.05, 4.69) is 44.7 Å². The van der Waals surface area contributed by atoms with Gasteiger partial charge in [-0.3, -0.25) is 0 Å². The van der Waals surface area contributed by atoms with Gasteiger partial charge in [0.1, 0.15) is 5.94 Å². The van der Waals surface area contributed by atoms with Crippen LogP contribution in [0.1, 0.15) is 57.6 Å². The van der Waals surface area contributed by atoms with E-state index in [1.807, 2.05) is 19.8 Å². The fourth-order valence-electron chi connectivity index (χ4n) is 2.03. The van der Waals surface area contributed by atoms with Crippen molar-refractivity contribution in [2.24, 2.45) is 5.92 Å². The van der Waals surface area contributed by atoms with Crippen molar-refractivity contribution in [1.29, 1.82) is 0 Å². The second-order valence-electron chi connectivity index (χ2n) is 4.86. The number of hydrogen-bond acceptors (Lipinski definition) is 1. The summed E-state index contributed by atoms with van der Waals surface area (Å²) in [5.74, 6) is 2.20. The van der Waals surface area contributed by atoms with Gasteiger partial charge in [-0.1, -0.05) is 70.0 Å². The number of aryl methyl sites for hydroxylation is 1. The van der Waals surface area contributed by atoms with Gasteiger partial charge in [0.2, 0.25) is 0 Å². The Kier molecular flexibility index (Phi) is 10.4. The molecule has 110 valence electrons. The Morgan fingerprint density at radius 3 is 2.40 bits per heavy atom. The van der Waals surface area contributed by atoms with E-state index in [1.54, 1.807) is 6.08 Å². The highest BCUT2D eigenvalue weighted by Crippen LogP contribution is 2.25. The lowest BCUT2D eigenvalue weighted by atomic mass is 9.91. The van der Waals surface area contributed by atoms with Crippen LogP contribution in [0.15, 0.2) is 36.9 Å². The van der Waals surface area contributed by atoms with Crippen LogP contribution < -0.4 is 0 Å². The SMILES string of the molecule is C=C(CC(C=C=O)CCCC)c1ccc(C)cc1.CC. The highest BCUT2D eigenvalue weighted by Gasteiger charge is 2.08. The predicted molar refractivity (Wildman–Crippen MR) is 89.5 cm³/mol. The summed E-state index contributed by atoms with van der Waals surface area (Å²) in [6, 6.07) is 8.38. The Morgan fingerprint density at radius 1 is 1.30 bits per heavy atom. The van der Waals surface area contributed by atoms with E-state index >= 15 is 0 Å². The lowest BCUT2D eigenvalue weighted by molar-refractivity contribution is 0.548. The first kappa shape index (κ1) is 18.4. The van der Waals surface area contributed by atoms with E-state index in [-0.39, 0.29) is 5.92 Å². The zero-order chi connectivity index (χ0) is 15.4. The number of allylic oxidation sites excluding steroid dienone is 2. The molecule has 0 heterocycles. The second-order valence-corrected chi connectivity index (χ2v) is 4.86. The molecule has 0 aliphatic heterocycles. The van der Waals surface area contributed by atoms with Crippen LogP contribution in [0.5, 0.6) is 0 Å². The quantitative estimate of drug-likeness (QED) is 0.589. The van der Waals surface area contributed by atoms with Gasteiger partial charge in [0.15, 0.2) is 0 Å². The first-order valence-electron chi connectivity index (χ1n) is 7.63. The lowest BCUT2D eigenvalue weighted by Crippen LogP contribution is -1.98. The summed E-state index contributed by atoms with van der Waals surface area (Å²) in [7, 11) is 0. The topological polar surface area (TPSA) is 17.1 Å². The Labute approximate surface area is 124 Å². The summed E-state index contributed by atoms with van der Waals surface area (Å²) >= 11 is 0. The van der Waals surface area contributed by atoms with Crippen molar-refractivity contribution in [1.82, 2.24) is 0 Å². The Balaban J connectivity index is 0.00000172. The summed E-state index contributed by atoms with van der Waals surface area (Å²) < 4.78 is 0. The zero-order valence-electron chi connectivity index (χ0n) is 13.4. The molecule has 1 heteroatoms. The molecular weight excluding hydrogens is 244 g/mol. The third-order valence-corrected chi connectivity index (χ3v) is 3.20.